The summed E-state index contributed by atoms with van der Waals surface area (Å²) < 4.78 is 206. The molecule has 0 rings (SSSR count). The molecule has 0 aromatic heterocycles. The van der Waals surface area contributed by atoms with Crippen molar-refractivity contribution in [3.05, 3.63) is 0 Å². The van der Waals surface area contributed by atoms with Gasteiger partial charge in [-0.2, -0.15) is 0 Å². The van der Waals surface area contributed by atoms with Gasteiger partial charge in [0.25, 0.3) is 0 Å². The third kappa shape index (κ3) is 3.02. The van der Waals surface area contributed by atoms with Gasteiger partial charge < -0.3 is 0 Å². The summed E-state index contributed by atoms with van der Waals surface area (Å²) in [5, 5.41) is 0. The second-order valence-corrected chi connectivity index (χ2v) is 4.83. The van der Waals surface area contributed by atoms with Gasteiger partial charge >= 0.3 is 139 Å². The molecule has 18 heteroatoms. The van der Waals surface area contributed by atoms with Crippen molar-refractivity contribution < 1.29 is 74.6 Å². The molecule has 0 bridgehead atoms. The molecule has 0 radical (unpaired) electrons. The van der Waals surface area contributed by atoms with Gasteiger partial charge in [0.1, 0.15) is 0 Å². The van der Waals surface area contributed by atoms with Crippen LogP contribution in [0.1, 0.15) is 0 Å². The molecule has 26 heavy (non-hydrogen) atoms. The van der Waals surface area contributed by atoms with Crippen molar-refractivity contribution in [1.82, 2.24) is 0 Å². The monoisotopic (exact) mass is 426 g/mol. The van der Waals surface area contributed by atoms with E-state index in [4.69, 9.17) is 0 Å². The summed E-state index contributed by atoms with van der Waals surface area (Å²) in [5.41, 5.74) is 0. The molecule has 0 aliphatic carbocycles. The molecule has 0 aliphatic rings. The van der Waals surface area contributed by atoms with Gasteiger partial charge in [-0.3, -0.25) is 0 Å². The van der Waals surface area contributed by atoms with Crippen molar-refractivity contribution in [2.75, 3.05) is 0 Å². The Kier molecular flexibility index (Phi) is 5.81. The van der Waals surface area contributed by atoms with E-state index in [0.717, 1.165) is 0 Å². The molecule has 0 atom stereocenters. The SMILES string of the molecule is [Li][C](F)(F)C(F)(F)C(F)(F)C(F)(F)C(F)(F)C(F)(F)C(F)(F)C(F)(F)F. The van der Waals surface area contributed by atoms with Crippen molar-refractivity contribution in [3.63, 3.8) is 0 Å². The fraction of sp³-hybridized carbons (Fsp3) is 1.00. The van der Waals surface area contributed by atoms with Crippen molar-refractivity contribution in [2.45, 2.75) is 46.3 Å². The molecule has 0 fully saturated rings. The van der Waals surface area contributed by atoms with Gasteiger partial charge in [0.15, 0.2) is 0 Å². The molecule has 0 spiro atoms. The molecular weight excluding hydrogens is 426 g/mol. The van der Waals surface area contributed by atoms with Crippen LogP contribution in [0.2, 0.25) is 0 Å². The standard InChI is InChI=1S/C8F17.Li/c9-1(10)2(11,12)3(13,14)4(15,16)5(17,18)6(19,20)7(21,22)8(23,24)25;. The van der Waals surface area contributed by atoms with Crippen LogP contribution in [-0.2, 0) is 0 Å². The Labute approximate surface area is 139 Å². The van der Waals surface area contributed by atoms with E-state index in [1.165, 1.54) is 0 Å². The van der Waals surface area contributed by atoms with Crippen LogP contribution >= 0.6 is 0 Å². The van der Waals surface area contributed by atoms with E-state index in [-0.39, 0.29) is 0 Å². The minimum atomic E-state index is -8.56. The summed E-state index contributed by atoms with van der Waals surface area (Å²) in [6, 6.07) is 0. The molecule has 0 amide bonds. The first-order chi connectivity index (χ1) is 10.8. The summed E-state index contributed by atoms with van der Waals surface area (Å²) in [6.45, 7) is 0. The number of hydrogen-bond donors (Lipinski definition) is 0. The zero-order chi connectivity index (χ0) is 22.0. The Bertz CT molecular complexity index is 474. The molecule has 0 aromatic rings. The summed E-state index contributed by atoms with van der Waals surface area (Å²) in [7, 11) is 0. The second kappa shape index (κ2) is 5.95. The van der Waals surface area contributed by atoms with Crippen LogP contribution < -0.4 is 0 Å². The maximum atomic E-state index is 12.9. The molecule has 0 saturated heterocycles. The quantitative estimate of drug-likeness (QED) is 0.409. The van der Waals surface area contributed by atoms with E-state index in [1.54, 1.807) is 0 Å². The summed E-state index contributed by atoms with van der Waals surface area (Å²) in [4.78, 5) is 0. The average molecular weight is 426 g/mol. The topological polar surface area (TPSA) is 0 Å². The maximum absolute atomic E-state index is 12.9. The zero-order valence-corrected chi connectivity index (χ0v) is 11.4. The van der Waals surface area contributed by atoms with E-state index in [2.05, 4.69) is 0 Å². The van der Waals surface area contributed by atoms with Crippen LogP contribution in [0.25, 0.3) is 0 Å². The van der Waals surface area contributed by atoms with Crippen molar-refractivity contribution in [3.8, 4) is 0 Å². The Morgan fingerprint density at radius 1 is 0.308 bits per heavy atom. The van der Waals surface area contributed by atoms with Gasteiger partial charge in [0.05, 0.1) is 0 Å². The molecule has 0 N–H and O–H groups in total. The van der Waals surface area contributed by atoms with Crippen LogP contribution in [0.5, 0.6) is 0 Å². The van der Waals surface area contributed by atoms with Gasteiger partial charge in [-0.05, 0) is 0 Å². The molecule has 0 unspecified atom stereocenters. The predicted molar refractivity (Wildman–Crippen MR) is 46.4 cm³/mol. The van der Waals surface area contributed by atoms with E-state index < -0.39 is 64.0 Å². The number of rotatable bonds is 6. The van der Waals surface area contributed by atoms with E-state index in [1.807, 2.05) is 0 Å². The predicted octanol–water partition coefficient (Wildman–Crippen LogP) is 5.12. The summed E-state index contributed by atoms with van der Waals surface area (Å²) in [5.74, 6) is -49.4. The molecule has 0 aromatic carbocycles. The number of hydrogen-bond acceptors (Lipinski definition) is 0. The first kappa shape index (κ1) is 25.4. The number of alkyl halides is 17. The Balaban J connectivity index is 6.61. The van der Waals surface area contributed by atoms with Crippen molar-refractivity contribution >= 4 is 17.7 Å². The van der Waals surface area contributed by atoms with Crippen LogP contribution in [0, 0.1) is 0 Å². The number of halogens is 17. The fourth-order valence-corrected chi connectivity index (χ4v) is 1.24. The first-order valence-electron chi connectivity index (χ1n) is 5.46. The Morgan fingerprint density at radius 3 is 0.692 bits per heavy atom. The molecule has 152 valence electrons. The molecule has 0 aliphatic heterocycles. The van der Waals surface area contributed by atoms with Gasteiger partial charge in [0, 0.05) is 0 Å². The van der Waals surface area contributed by atoms with Gasteiger partial charge in [0.2, 0.25) is 0 Å². The Hall–Kier alpha value is -0.593. The third-order valence-corrected chi connectivity index (χ3v) is 2.88. The second-order valence-electron chi connectivity index (χ2n) is 4.83. The van der Waals surface area contributed by atoms with Crippen LogP contribution in [0.3, 0.4) is 0 Å². The van der Waals surface area contributed by atoms with Gasteiger partial charge in [-0.15, -0.1) is 0 Å². The summed E-state index contributed by atoms with van der Waals surface area (Å²) in [6.07, 6.45) is -7.73. The molecule has 0 nitrogen and oxygen atoms in total. The normalized spacial score (nSPS) is 16.9. The van der Waals surface area contributed by atoms with Gasteiger partial charge in [-0.25, -0.2) is 0 Å². The van der Waals surface area contributed by atoms with Crippen LogP contribution in [0.4, 0.5) is 74.6 Å². The molecular formula is C8F17Li. The van der Waals surface area contributed by atoms with Crippen molar-refractivity contribution in [2.24, 2.45) is 0 Å². The van der Waals surface area contributed by atoms with E-state index >= 15 is 0 Å². The average Bonchev–Trinajstić information content (AvgIpc) is 2.34. The molecule has 0 saturated carbocycles. The Morgan fingerprint density at radius 2 is 0.500 bits per heavy atom. The van der Waals surface area contributed by atoms with Crippen LogP contribution in [0.15, 0.2) is 0 Å². The van der Waals surface area contributed by atoms with E-state index in [0.29, 0.717) is 0 Å². The minimum absolute atomic E-state index is 1.25. The first-order valence-corrected chi connectivity index (χ1v) is 5.46. The molecule has 0 heterocycles. The van der Waals surface area contributed by atoms with E-state index in [9.17, 15) is 74.6 Å². The zero-order valence-electron chi connectivity index (χ0n) is 11.4. The fourth-order valence-electron chi connectivity index (χ4n) is 1.24. The summed E-state index contributed by atoms with van der Waals surface area (Å²) >= 11 is -1.25. The van der Waals surface area contributed by atoms with Gasteiger partial charge in [-0.1, -0.05) is 0 Å². The third-order valence-electron chi connectivity index (χ3n) is 2.88. The van der Waals surface area contributed by atoms with Crippen molar-refractivity contribution in [1.29, 1.82) is 0 Å². The van der Waals surface area contributed by atoms with Crippen LogP contribution in [-0.4, -0.2) is 64.0 Å².